The molecular weight excluding hydrogens is 603 g/mol. The molecule has 2 aromatic heterocycles. The largest absolute Gasteiger partial charge is 0.455 e. The van der Waals surface area contributed by atoms with Crippen molar-refractivity contribution in [2.75, 3.05) is 0 Å². The van der Waals surface area contributed by atoms with Gasteiger partial charge in [0.1, 0.15) is 23.0 Å². The normalized spacial score (nSPS) is 13.4. The molecule has 2 aliphatic heterocycles. The van der Waals surface area contributed by atoms with Gasteiger partial charge in [0.15, 0.2) is 0 Å². The Morgan fingerprint density at radius 2 is 0.913 bits per heavy atom. The van der Waals surface area contributed by atoms with Gasteiger partial charge in [0.25, 0.3) is 0 Å². The van der Waals surface area contributed by atoms with Crippen LogP contribution in [0.3, 0.4) is 0 Å². The lowest BCUT2D eigenvalue weighted by atomic mass is 9.98. The first kappa shape index (κ1) is 27.0. The molecule has 0 saturated carbocycles. The minimum atomic E-state index is -2.69. The molecule has 0 saturated heterocycles. The summed E-state index contributed by atoms with van der Waals surface area (Å²) >= 11 is 7.02. The molecule has 0 spiro atoms. The lowest BCUT2D eigenvalue weighted by Crippen LogP contribution is -2.35. The van der Waals surface area contributed by atoms with E-state index in [0.29, 0.717) is 0 Å². The number of aromatic nitrogens is 2. The zero-order valence-electron chi connectivity index (χ0n) is 24.5. The summed E-state index contributed by atoms with van der Waals surface area (Å²) in [5, 5.41) is 2.98. The highest BCUT2D eigenvalue weighted by atomic mass is 32.4. The van der Waals surface area contributed by atoms with Crippen molar-refractivity contribution >= 4 is 33.8 Å². The number of pyridine rings is 2. The fourth-order valence-electron chi connectivity index (χ4n) is 6.52. The number of rotatable bonds is 4. The van der Waals surface area contributed by atoms with Crippen molar-refractivity contribution in [1.29, 1.82) is 0 Å². The first-order valence-corrected chi connectivity index (χ1v) is 17.9. The summed E-state index contributed by atoms with van der Waals surface area (Å²) in [4.78, 5) is 8.92. The van der Waals surface area contributed by atoms with Crippen LogP contribution >= 0.6 is 6.04 Å². The number of hydrogen-bond acceptors (Lipinski definition) is 5. The predicted octanol–water partition coefficient (Wildman–Crippen LogP) is 9.11. The Labute approximate surface area is 272 Å². The second kappa shape index (κ2) is 10.6. The van der Waals surface area contributed by atoms with Crippen LogP contribution in [0.2, 0.25) is 0 Å². The molecule has 218 valence electrons. The summed E-state index contributed by atoms with van der Waals surface area (Å²) in [7, 11) is 0. The van der Waals surface area contributed by atoms with E-state index in [1.165, 1.54) is 0 Å². The molecule has 9 rings (SSSR count). The van der Waals surface area contributed by atoms with Gasteiger partial charge in [-0.2, -0.15) is 0 Å². The van der Waals surface area contributed by atoms with Crippen molar-refractivity contribution in [3.8, 4) is 67.5 Å². The topological polar surface area (TPSA) is 44.2 Å². The van der Waals surface area contributed by atoms with Crippen molar-refractivity contribution < 1.29 is 9.47 Å². The molecule has 4 heterocycles. The van der Waals surface area contributed by atoms with Crippen molar-refractivity contribution in [2.24, 2.45) is 0 Å². The molecule has 7 aromatic rings. The molecule has 0 unspecified atom stereocenters. The van der Waals surface area contributed by atoms with Crippen molar-refractivity contribution in [3.05, 3.63) is 152 Å². The average molecular weight is 629 g/mol. The predicted molar refractivity (Wildman–Crippen MR) is 190 cm³/mol. The van der Waals surface area contributed by atoms with Gasteiger partial charge in [0.05, 0.1) is 11.3 Å². The van der Waals surface area contributed by atoms with E-state index in [1.807, 2.05) is 36.7 Å². The van der Waals surface area contributed by atoms with Crippen LogP contribution in [0.5, 0.6) is 23.0 Å². The molecule has 4 nitrogen and oxygen atoms in total. The van der Waals surface area contributed by atoms with Crippen LogP contribution in [0, 0.1) is 0 Å². The van der Waals surface area contributed by atoms with E-state index in [2.05, 4.69) is 113 Å². The molecule has 0 radical (unpaired) electrons. The van der Waals surface area contributed by atoms with Gasteiger partial charge < -0.3 is 9.47 Å². The van der Waals surface area contributed by atoms with Crippen LogP contribution < -0.4 is 25.4 Å². The number of hydrogen-bond donors (Lipinski definition) is 0. The van der Waals surface area contributed by atoms with E-state index in [9.17, 15) is 0 Å². The molecule has 0 atom stereocenters. The van der Waals surface area contributed by atoms with E-state index in [0.717, 1.165) is 83.4 Å². The lowest BCUT2D eigenvalue weighted by Gasteiger charge is -2.39. The Balaban J connectivity index is 1.37. The number of benzene rings is 5. The molecule has 0 amide bonds. The first-order chi connectivity index (χ1) is 22.7. The van der Waals surface area contributed by atoms with Gasteiger partial charge in [-0.15, -0.1) is 0 Å². The van der Waals surface area contributed by atoms with Crippen molar-refractivity contribution in [3.63, 3.8) is 0 Å². The van der Waals surface area contributed by atoms with Gasteiger partial charge in [-0.1, -0.05) is 96.7 Å². The lowest BCUT2D eigenvalue weighted by molar-refractivity contribution is 0.469. The smallest absolute Gasteiger partial charge is 0.148 e. The van der Waals surface area contributed by atoms with Crippen LogP contribution in [0.25, 0.3) is 44.5 Å². The number of fused-ring (bicyclic) bond motifs is 4. The third-order valence-corrected chi connectivity index (χ3v) is 13.6. The minimum absolute atomic E-state index is 0.731. The summed E-state index contributed by atoms with van der Waals surface area (Å²) < 4.78 is 13.9. The molecule has 0 aliphatic carbocycles. The summed E-state index contributed by atoms with van der Waals surface area (Å²) in [6, 6.07) is 41.1. The Morgan fingerprint density at radius 3 is 1.35 bits per heavy atom. The highest BCUT2D eigenvalue weighted by Crippen LogP contribution is 2.62. The van der Waals surface area contributed by atoms with Crippen molar-refractivity contribution in [1.82, 2.24) is 9.97 Å². The van der Waals surface area contributed by atoms with Crippen LogP contribution in [0.15, 0.2) is 152 Å². The third-order valence-electron chi connectivity index (χ3n) is 8.70. The Morgan fingerprint density at radius 1 is 0.457 bits per heavy atom. The van der Waals surface area contributed by atoms with Gasteiger partial charge in [-0.05, 0) is 64.7 Å². The van der Waals surface area contributed by atoms with E-state index in [-0.39, 0.29) is 0 Å². The molecule has 0 N–H and O–H groups in total. The first-order valence-electron chi connectivity index (χ1n) is 15.1. The maximum atomic E-state index is 7.02. The second-order valence-electron chi connectivity index (χ2n) is 11.4. The van der Waals surface area contributed by atoms with E-state index < -0.39 is 6.04 Å². The minimum Gasteiger partial charge on any atom is -0.455 e. The zero-order valence-corrected chi connectivity index (χ0v) is 26.2. The van der Waals surface area contributed by atoms with Crippen LogP contribution in [-0.2, 0) is 11.8 Å². The summed E-state index contributed by atoms with van der Waals surface area (Å²) in [5.41, 5.74) is 8.12. The summed E-state index contributed by atoms with van der Waals surface area (Å²) in [5.74, 6) is 3.02. The molecule has 5 aromatic carbocycles. The van der Waals surface area contributed by atoms with Gasteiger partial charge in [0.2, 0.25) is 0 Å². The van der Waals surface area contributed by atoms with E-state index in [1.54, 1.807) is 12.4 Å². The van der Waals surface area contributed by atoms with Gasteiger partial charge in [-0.25, -0.2) is 0 Å². The maximum absolute atomic E-state index is 7.02. The maximum Gasteiger partial charge on any atom is 0.148 e. The Bertz CT molecular complexity index is 2170. The monoisotopic (exact) mass is 628 g/mol. The fraction of sp³-hybridized carbons (Fsp3) is 0. The SMILES string of the molecule is S=P12c3ccc(-c4ccccc4)cc3Oc3c(-c4cccnc4)cc(-c4cccnc4)c(c31)Oc1cc(-c3ccccc3)ccc12. The number of nitrogens with zero attached hydrogens (tertiary/aromatic N) is 2. The highest BCUT2D eigenvalue weighted by Gasteiger charge is 2.45. The van der Waals surface area contributed by atoms with E-state index in [4.69, 9.17) is 21.3 Å². The standard InChI is InChI=1S/C40H25N2O2PS/c46-45-36-17-15-28(26-9-3-1-4-10-26)21-34(36)43-38-32(30-13-7-19-41-24-30)23-33(31-14-8-20-42-25-31)39(40(38)45)44-35-22-29(16-18-37(35)45)27-11-5-2-6-12-27/h1-25H. The third kappa shape index (κ3) is 4.17. The summed E-state index contributed by atoms with van der Waals surface area (Å²) in [6.45, 7) is 0. The Hall–Kier alpha value is -5.35. The Kier molecular flexibility index (Phi) is 6.24. The van der Waals surface area contributed by atoms with Crippen LogP contribution in [0.1, 0.15) is 0 Å². The molecule has 46 heavy (non-hydrogen) atoms. The zero-order chi connectivity index (χ0) is 30.7. The highest BCUT2D eigenvalue weighted by molar-refractivity contribution is 8.26. The molecular formula is C40H25N2O2PS. The quantitative estimate of drug-likeness (QED) is 0.182. The number of ether oxygens (including phenoxy) is 2. The average Bonchev–Trinajstić information content (AvgIpc) is 3.13. The molecule has 0 bridgehead atoms. The van der Waals surface area contributed by atoms with Gasteiger partial charge in [0, 0.05) is 57.7 Å². The van der Waals surface area contributed by atoms with Crippen molar-refractivity contribution in [2.45, 2.75) is 0 Å². The van der Waals surface area contributed by atoms with Gasteiger partial charge in [-0.3, -0.25) is 9.97 Å². The van der Waals surface area contributed by atoms with Crippen LogP contribution in [0.4, 0.5) is 0 Å². The fourth-order valence-corrected chi connectivity index (χ4v) is 11.0. The van der Waals surface area contributed by atoms with Gasteiger partial charge >= 0.3 is 0 Å². The van der Waals surface area contributed by atoms with E-state index >= 15 is 0 Å². The second-order valence-corrected chi connectivity index (χ2v) is 15.6. The molecule has 0 fully saturated rings. The summed E-state index contributed by atoms with van der Waals surface area (Å²) in [6.07, 6.45) is 7.31. The molecule has 2 aliphatic rings. The van der Waals surface area contributed by atoms with Crippen LogP contribution in [-0.4, -0.2) is 9.97 Å². The molecule has 6 heteroatoms.